The van der Waals surface area contributed by atoms with Crippen LogP contribution in [0.25, 0.3) is 0 Å². The molecule has 0 atom stereocenters. The molecule has 0 spiro atoms. The van der Waals surface area contributed by atoms with Crippen molar-refractivity contribution in [3.05, 3.63) is 63.2 Å². The Morgan fingerprint density at radius 1 is 1.00 bits per heavy atom. The first-order valence-corrected chi connectivity index (χ1v) is 11.4. The van der Waals surface area contributed by atoms with E-state index >= 15 is 0 Å². The number of benzene rings is 2. The fraction of sp³-hybridized carbons (Fsp3) is 0.381. The van der Waals surface area contributed by atoms with Crippen molar-refractivity contribution in [2.24, 2.45) is 0 Å². The molecule has 3 rings (SSSR count). The minimum Gasteiger partial charge on any atom is -0.324 e. The summed E-state index contributed by atoms with van der Waals surface area (Å²) in [6.45, 7) is 7.08. The Labute approximate surface area is 181 Å². The number of nitro benzene ring substituents is 1. The van der Waals surface area contributed by atoms with Gasteiger partial charge in [0, 0.05) is 38.3 Å². The Hall–Kier alpha value is -2.82. The van der Waals surface area contributed by atoms with E-state index in [1.807, 2.05) is 18.7 Å². The molecule has 0 aliphatic carbocycles. The van der Waals surface area contributed by atoms with Crippen molar-refractivity contribution < 1.29 is 18.1 Å². The summed E-state index contributed by atoms with van der Waals surface area (Å²) in [5.74, 6) is -0.297. The molecule has 0 radical (unpaired) electrons. The third kappa shape index (κ3) is 5.27. The number of carbonyl (C=O) groups excluding carboxylic acids is 1. The van der Waals surface area contributed by atoms with Crippen LogP contribution in [0.3, 0.4) is 0 Å². The molecule has 1 saturated heterocycles. The van der Waals surface area contributed by atoms with Crippen LogP contribution in [0.4, 0.5) is 11.4 Å². The van der Waals surface area contributed by atoms with Gasteiger partial charge in [0.25, 0.3) is 5.69 Å². The zero-order valence-corrected chi connectivity index (χ0v) is 18.6. The SMILES string of the molecule is Cc1ccc(S(=O)(=O)N2CCN(CC(=O)Nc3cc([N+](=O)[O-])ccc3C)CC2)cc1C. The number of nitrogens with zero attached hydrogens (tertiary/aromatic N) is 3. The molecule has 10 heteroatoms. The lowest BCUT2D eigenvalue weighted by Crippen LogP contribution is -2.50. The van der Waals surface area contributed by atoms with Crippen LogP contribution in [0.1, 0.15) is 16.7 Å². The molecule has 2 aromatic rings. The molecular weight excluding hydrogens is 420 g/mol. The minimum absolute atomic E-state index is 0.0830. The van der Waals surface area contributed by atoms with E-state index in [0.29, 0.717) is 31.9 Å². The average Bonchev–Trinajstić information content (AvgIpc) is 2.71. The minimum atomic E-state index is -3.58. The summed E-state index contributed by atoms with van der Waals surface area (Å²) in [6.07, 6.45) is 0. The quantitative estimate of drug-likeness (QED) is 0.539. The number of anilines is 1. The number of piperazine rings is 1. The topological polar surface area (TPSA) is 113 Å². The van der Waals surface area contributed by atoms with Crippen LogP contribution in [0, 0.1) is 30.9 Å². The van der Waals surface area contributed by atoms with Gasteiger partial charge in [-0.15, -0.1) is 0 Å². The number of non-ortho nitro benzene ring substituents is 1. The lowest BCUT2D eigenvalue weighted by molar-refractivity contribution is -0.384. The van der Waals surface area contributed by atoms with Crippen molar-refractivity contribution in [1.82, 2.24) is 9.21 Å². The van der Waals surface area contributed by atoms with Gasteiger partial charge in [0.2, 0.25) is 15.9 Å². The maximum atomic E-state index is 12.9. The number of aryl methyl sites for hydroxylation is 3. The van der Waals surface area contributed by atoms with Crippen LogP contribution in [0.15, 0.2) is 41.3 Å². The van der Waals surface area contributed by atoms with Crippen molar-refractivity contribution in [2.75, 3.05) is 38.0 Å². The van der Waals surface area contributed by atoms with E-state index in [0.717, 1.165) is 16.7 Å². The zero-order chi connectivity index (χ0) is 22.8. The fourth-order valence-corrected chi connectivity index (χ4v) is 4.91. The van der Waals surface area contributed by atoms with Crippen molar-refractivity contribution >= 4 is 27.3 Å². The maximum Gasteiger partial charge on any atom is 0.271 e. The van der Waals surface area contributed by atoms with E-state index in [1.54, 1.807) is 31.2 Å². The standard InChI is InChI=1S/C21H26N4O5S/c1-15-5-7-19(12-17(15)3)31(29,30)24-10-8-23(9-11-24)14-21(26)22-20-13-18(25(27)28)6-4-16(20)2/h4-7,12-13H,8-11,14H2,1-3H3,(H,22,26). The van der Waals surface area contributed by atoms with Crippen LogP contribution in [0.2, 0.25) is 0 Å². The van der Waals surface area contributed by atoms with Gasteiger partial charge in [-0.1, -0.05) is 12.1 Å². The number of hydrogen-bond donors (Lipinski definition) is 1. The second kappa shape index (κ2) is 9.13. The molecule has 2 aromatic carbocycles. The Balaban J connectivity index is 1.59. The van der Waals surface area contributed by atoms with E-state index < -0.39 is 14.9 Å². The van der Waals surface area contributed by atoms with Crippen molar-refractivity contribution in [3.63, 3.8) is 0 Å². The largest absolute Gasteiger partial charge is 0.324 e. The Bertz CT molecular complexity index is 1110. The molecule has 0 unspecified atom stereocenters. The molecular formula is C21H26N4O5S. The molecule has 9 nitrogen and oxygen atoms in total. The fourth-order valence-electron chi connectivity index (χ4n) is 3.40. The summed E-state index contributed by atoms with van der Waals surface area (Å²) < 4.78 is 27.3. The molecule has 0 saturated carbocycles. The second-order valence-electron chi connectivity index (χ2n) is 7.73. The first kappa shape index (κ1) is 22.9. The van der Waals surface area contributed by atoms with Gasteiger partial charge in [0.15, 0.2) is 0 Å². The van der Waals surface area contributed by atoms with Gasteiger partial charge >= 0.3 is 0 Å². The monoisotopic (exact) mass is 446 g/mol. The first-order valence-electron chi connectivity index (χ1n) is 9.92. The van der Waals surface area contributed by atoms with E-state index in [2.05, 4.69) is 5.32 Å². The number of rotatable bonds is 6. The molecule has 1 N–H and O–H groups in total. The normalized spacial score (nSPS) is 15.6. The Morgan fingerprint density at radius 2 is 1.65 bits per heavy atom. The highest BCUT2D eigenvalue weighted by molar-refractivity contribution is 7.89. The van der Waals surface area contributed by atoms with E-state index in [1.165, 1.54) is 16.4 Å². The number of hydrogen-bond acceptors (Lipinski definition) is 6. The molecule has 0 aromatic heterocycles. The summed E-state index contributed by atoms with van der Waals surface area (Å²) in [6, 6.07) is 9.43. The highest BCUT2D eigenvalue weighted by atomic mass is 32.2. The summed E-state index contributed by atoms with van der Waals surface area (Å²) in [5.41, 5.74) is 2.99. The lowest BCUT2D eigenvalue weighted by atomic mass is 10.1. The van der Waals surface area contributed by atoms with Crippen molar-refractivity contribution in [2.45, 2.75) is 25.7 Å². The third-order valence-electron chi connectivity index (χ3n) is 5.52. The number of amides is 1. The number of carbonyl (C=O) groups is 1. The van der Waals surface area contributed by atoms with Crippen LogP contribution in [0.5, 0.6) is 0 Å². The molecule has 31 heavy (non-hydrogen) atoms. The van der Waals surface area contributed by atoms with E-state index in [9.17, 15) is 23.3 Å². The summed E-state index contributed by atoms with van der Waals surface area (Å²) in [5, 5.41) is 13.7. The summed E-state index contributed by atoms with van der Waals surface area (Å²) in [4.78, 5) is 25.0. The predicted molar refractivity (Wildman–Crippen MR) is 118 cm³/mol. The van der Waals surface area contributed by atoms with Gasteiger partial charge in [-0.2, -0.15) is 4.31 Å². The van der Waals surface area contributed by atoms with Crippen molar-refractivity contribution in [1.29, 1.82) is 0 Å². The number of nitro groups is 1. The van der Waals surface area contributed by atoms with Crippen LogP contribution >= 0.6 is 0 Å². The number of nitrogens with one attached hydrogen (secondary N) is 1. The Kier molecular flexibility index (Phi) is 6.73. The summed E-state index contributed by atoms with van der Waals surface area (Å²) in [7, 11) is -3.58. The molecule has 1 amide bonds. The van der Waals surface area contributed by atoms with Crippen LogP contribution in [-0.2, 0) is 14.8 Å². The Morgan fingerprint density at radius 3 is 2.26 bits per heavy atom. The average molecular weight is 447 g/mol. The zero-order valence-electron chi connectivity index (χ0n) is 17.8. The second-order valence-corrected chi connectivity index (χ2v) is 9.67. The third-order valence-corrected chi connectivity index (χ3v) is 7.42. The highest BCUT2D eigenvalue weighted by Gasteiger charge is 2.29. The molecule has 0 bridgehead atoms. The lowest BCUT2D eigenvalue weighted by Gasteiger charge is -2.33. The van der Waals surface area contributed by atoms with Gasteiger partial charge in [0.1, 0.15) is 0 Å². The number of sulfonamides is 1. The highest BCUT2D eigenvalue weighted by Crippen LogP contribution is 2.23. The molecule has 166 valence electrons. The molecule has 1 fully saturated rings. The van der Waals surface area contributed by atoms with Gasteiger partial charge < -0.3 is 5.32 Å². The predicted octanol–water partition coefficient (Wildman–Crippen LogP) is 2.47. The molecule has 1 aliphatic heterocycles. The van der Waals surface area contributed by atoms with E-state index in [-0.39, 0.29) is 23.0 Å². The van der Waals surface area contributed by atoms with Crippen LogP contribution in [-0.4, -0.2) is 61.2 Å². The smallest absolute Gasteiger partial charge is 0.271 e. The molecule has 1 aliphatic rings. The van der Waals surface area contributed by atoms with Gasteiger partial charge in [-0.05, 0) is 49.6 Å². The summed E-state index contributed by atoms with van der Waals surface area (Å²) >= 11 is 0. The maximum absolute atomic E-state index is 12.9. The first-order chi connectivity index (χ1) is 14.6. The van der Waals surface area contributed by atoms with Gasteiger partial charge in [0.05, 0.1) is 22.1 Å². The van der Waals surface area contributed by atoms with Crippen LogP contribution < -0.4 is 5.32 Å². The molecule has 1 heterocycles. The van der Waals surface area contributed by atoms with E-state index in [4.69, 9.17) is 0 Å². The van der Waals surface area contributed by atoms with Crippen molar-refractivity contribution in [3.8, 4) is 0 Å². The van der Waals surface area contributed by atoms with Gasteiger partial charge in [-0.25, -0.2) is 8.42 Å². The van der Waals surface area contributed by atoms with Gasteiger partial charge in [-0.3, -0.25) is 19.8 Å².